The Balaban J connectivity index is 1.64. The number of carbonyl (C=O) groups excluding carboxylic acids is 2. The molecule has 1 aromatic rings. The van der Waals surface area contributed by atoms with Crippen LogP contribution in [0, 0.1) is 0 Å². The molecule has 0 saturated carbocycles. The lowest BCUT2D eigenvalue weighted by Gasteiger charge is -2.48. The third kappa shape index (κ3) is 3.72. The zero-order chi connectivity index (χ0) is 17.1. The Morgan fingerprint density at radius 3 is 2.58 bits per heavy atom. The van der Waals surface area contributed by atoms with Crippen LogP contribution < -0.4 is 5.32 Å². The first kappa shape index (κ1) is 17.2. The minimum absolute atomic E-state index is 0.0230. The fraction of sp³-hybridized carbons (Fsp3) is 0.647. The van der Waals surface area contributed by atoms with Gasteiger partial charge in [-0.15, -0.1) is 11.3 Å². The van der Waals surface area contributed by atoms with Crippen molar-refractivity contribution in [2.45, 2.75) is 44.8 Å². The van der Waals surface area contributed by atoms with Gasteiger partial charge in [0.2, 0.25) is 0 Å². The van der Waals surface area contributed by atoms with Crippen molar-refractivity contribution in [3.05, 3.63) is 22.4 Å². The molecule has 2 fully saturated rings. The van der Waals surface area contributed by atoms with Gasteiger partial charge < -0.3 is 19.9 Å². The second-order valence-electron chi connectivity index (χ2n) is 6.70. The highest BCUT2D eigenvalue weighted by Crippen LogP contribution is 2.25. The number of urea groups is 1. The van der Waals surface area contributed by atoms with Gasteiger partial charge in [0.15, 0.2) is 0 Å². The minimum atomic E-state index is -0.0230. The summed E-state index contributed by atoms with van der Waals surface area (Å²) in [5, 5.41) is 4.92. The SMILES string of the molecule is CC(C)NC(=O)N(C1CCOCC1)C1CN(C(=O)c2cccs2)C1. The first-order valence-corrected chi connectivity index (χ1v) is 9.43. The number of hydrogen-bond acceptors (Lipinski definition) is 4. The summed E-state index contributed by atoms with van der Waals surface area (Å²) in [5.74, 6) is 0.0671. The highest BCUT2D eigenvalue weighted by molar-refractivity contribution is 7.12. The van der Waals surface area contributed by atoms with Crippen LogP contribution in [0.15, 0.2) is 17.5 Å². The number of thiophene rings is 1. The van der Waals surface area contributed by atoms with Crippen molar-refractivity contribution in [3.63, 3.8) is 0 Å². The Labute approximate surface area is 146 Å². The van der Waals surface area contributed by atoms with E-state index in [0.29, 0.717) is 26.3 Å². The molecule has 3 heterocycles. The van der Waals surface area contributed by atoms with E-state index < -0.39 is 0 Å². The molecule has 2 aliphatic heterocycles. The molecule has 0 atom stereocenters. The highest BCUT2D eigenvalue weighted by atomic mass is 32.1. The summed E-state index contributed by atoms with van der Waals surface area (Å²) in [6.45, 7) is 6.54. The number of carbonyl (C=O) groups is 2. The van der Waals surface area contributed by atoms with E-state index in [1.165, 1.54) is 11.3 Å². The maximum Gasteiger partial charge on any atom is 0.318 e. The van der Waals surface area contributed by atoms with Gasteiger partial charge in [-0.1, -0.05) is 6.07 Å². The van der Waals surface area contributed by atoms with Crippen LogP contribution in [0.1, 0.15) is 36.4 Å². The summed E-state index contributed by atoms with van der Waals surface area (Å²) in [7, 11) is 0. The Morgan fingerprint density at radius 1 is 1.29 bits per heavy atom. The standard InChI is InChI=1S/C17H25N3O3S/c1-12(2)18-17(22)20(13-5-7-23-8-6-13)14-10-19(11-14)16(21)15-4-3-9-24-15/h3-4,9,12-14H,5-8,10-11H2,1-2H3,(H,18,22). The first-order valence-electron chi connectivity index (χ1n) is 8.55. The third-order valence-corrected chi connectivity index (χ3v) is 5.36. The van der Waals surface area contributed by atoms with E-state index in [1.54, 1.807) is 0 Å². The molecule has 1 N–H and O–H groups in total. The lowest BCUT2D eigenvalue weighted by Crippen LogP contribution is -2.66. The Hall–Kier alpha value is -1.60. The predicted molar refractivity (Wildman–Crippen MR) is 93.4 cm³/mol. The van der Waals surface area contributed by atoms with Crippen LogP contribution >= 0.6 is 11.3 Å². The molecule has 0 spiro atoms. The zero-order valence-electron chi connectivity index (χ0n) is 14.2. The first-order chi connectivity index (χ1) is 11.6. The van der Waals surface area contributed by atoms with E-state index in [1.807, 2.05) is 41.2 Å². The monoisotopic (exact) mass is 351 g/mol. The number of rotatable bonds is 4. The van der Waals surface area contributed by atoms with Gasteiger partial charge in [-0.05, 0) is 38.1 Å². The van der Waals surface area contributed by atoms with Gasteiger partial charge in [0.05, 0.1) is 10.9 Å². The largest absolute Gasteiger partial charge is 0.381 e. The van der Waals surface area contributed by atoms with Crippen molar-refractivity contribution in [3.8, 4) is 0 Å². The van der Waals surface area contributed by atoms with Crippen molar-refractivity contribution in [2.75, 3.05) is 26.3 Å². The summed E-state index contributed by atoms with van der Waals surface area (Å²) in [4.78, 5) is 29.6. The molecule has 0 bridgehead atoms. The molecule has 7 heteroatoms. The maximum atomic E-state index is 12.7. The van der Waals surface area contributed by atoms with Crippen LogP contribution in [0.4, 0.5) is 4.79 Å². The van der Waals surface area contributed by atoms with Gasteiger partial charge in [0.1, 0.15) is 0 Å². The summed E-state index contributed by atoms with van der Waals surface area (Å²) in [6.07, 6.45) is 1.72. The van der Waals surface area contributed by atoms with Crippen molar-refractivity contribution in [1.29, 1.82) is 0 Å². The molecule has 2 aliphatic rings. The Morgan fingerprint density at radius 2 is 2.00 bits per heavy atom. The number of nitrogens with one attached hydrogen (secondary N) is 1. The van der Waals surface area contributed by atoms with E-state index in [0.717, 1.165) is 17.7 Å². The summed E-state index contributed by atoms with van der Waals surface area (Å²) in [5.41, 5.74) is 0. The van der Waals surface area contributed by atoms with Gasteiger partial charge >= 0.3 is 6.03 Å². The van der Waals surface area contributed by atoms with E-state index in [4.69, 9.17) is 4.74 Å². The molecule has 3 amide bonds. The fourth-order valence-electron chi connectivity index (χ4n) is 3.27. The summed E-state index contributed by atoms with van der Waals surface area (Å²) < 4.78 is 5.43. The normalized spacial score (nSPS) is 19.2. The van der Waals surface area contributed by atoms with Crippen molar-refractivity contribution >= 4 is 23.3 Å². The topological polar surface area (TPSA) is 61.9 Å². The molecule has 3 rings (SSSR count). The van der Waals surface area contributed by atoms with E-state index in [-0.39, 0.29) is 30.1 Å². The molecule has 0 unspecified atom stereocenters. The lowest BCUT2D eigenvalue weighted by atomic mass is 10.00. The third-order valence-electron chi connectivity index (χ3n) is 4.51. The molecule has 24 heavy (non-hydrogen) atoms. The van der Waals surface area contributed by atoms with Gasteiger partial charge in [0, 0.05) is 38.4 Å². The van der Waals surface area contributed by atoms with Crippen molar-refractivity contribution < 1.29 is 14.3 Å². The summed E-state index contributed by atoms with van der Waals surface area (Å²) in [6, 6.07) is 4.10. The molecule has 6 nitrogen and oxygen atoms in total. The van der Waals surface area contributed by atoms with Crippen LogP contribution in [0.2, 0.25) is 0 Å². The van der Waals surface area contributed by atoms with E-state index in [2.05, 4.69) is 5.32 Å². The van der Waals surface area contributed by atoms with Crippen LogP contribution in [0.3, 0.4) is 0 Å². The van der Waals surface area contributed by atoms with Gasteiger partial charge in [-0.2, -0.15) is 0 Å². The molecule has 132 valence electrons. The molecule has 0 aliphatic carbocycles. The second kappa shape index (κ2) is 7.53. The zero-order valence-corrected chi connectivity index (χ0v) is 15.1. The van der Waals surface area contributed by atoms with Gasteiger partial charge in [-0.3, -0.25) is 4.79 Å². The maximum absolute atomic E-state index is 12.7. The quantitative estimate of drug-likeness (QED) is 0.904. The number of nitrogens with zero attached hydrogens (tertiary/aromatic N) is 2. The molecule has 0 aromatic carbocycles. The average molecular weight is 351 g/mol. The van der Waals surface area contributed by atoms with Crippen LogP contribution in [-0.2, 0) is 4.74 Å². The summed E-state index contributed by atoms with van der Waals surface area (Å²) >= 11 is 1.46. The molecular weight excluding hydrogens is 326 g/mol. The Kier molecular flexibility index (Phi) is 5.40. The van der Waals surface area contributed by atoms with E-state index >= 15 is 0 Å². The molecule has 0 radical (unpaired) electrons. The van der Waals surface area contributed by atoms with Crippen LogP contribution in [-0.4, -0.2) is 66.2 Å². The van der Waals surface area contributed by atoms with Crippen LogP contribution in [0.5, 0.6) is 0 Å². The fourth-order valence-corrected chi connectivity index (χ4v) is 3.96. The van der Waals surface area contributed by atoms with Crippen molar-refractivity contribution in [2.24, 2.45) is 0 Å². The van der Waals surface area contributed by atoms with Crippen molar-refractivity contribution in [1.82, 2.24) is 15.1 Å². The number of likely N-dealkylation sites (tertiary alicyclic amines) is 1. The molecular formula is C17H25N3O3S. The molecule has 1 aromatic heterocycles. The van der Waals surface area contributed by atoms with Gasteiger partial charge in [-0.25, -0.2) is 4.79 Å². The average Bonchev–Trinajstić information content (AvgIpc) is 3.04. The van der Waals surface area contributed by atoms with E-state index in [9.17, 15) is 9.59 Å². The second-order valence-corrected chi connectivity index (χ2v) is 7.64. The minimum Gasteiger partial charge on any atom is -0.381 e. The number of ether oxygens (including phenoxy) is 1. The predicted octanol–water partition coefficient (Wildman–Crippen LogP) is 2.17. The highest BCUT2D eigenvalue weighted by Gasteiger charge is 2.41. The number of amides is 3. The van der Waals surface area contributed by atoms with Crippen LogP contribution in [0.25, 0.3) is 0 Å². The number of hydrogen-bond donors (Lipinski definition) is 1. The molecule has 2 saturated heterocycles. The Bertz CT molecular complexity index is 564. The lowest BCUT2D eigenvalue weighted by molar-refractivity contribution is -0.00505. The van der Waals surface area contributed by atoms with Gasteiger partial charge in [0.25, 0.3) is 5.91 Å². The smallest absolute Gasteiger partial charge is 0.318 e.